The molecular weight excluding hydrogens is 237 g/mol. The lowest BCUT2D eigenvalue weighted by Crippen LogP contribution is -2.34. The van der Waals surface area contributed by atoms with Gasteiger partial charge in [0.25, 0.3) is 0 Å². The molecule has 0 spiro atoms. The molecule has 0 aromatic rings. The van der Waals surface area contributed by atoms with Crippen molar-refractivity contribution in [2.45, 2.75) is 10.5 Å². The van der Waals surface area contributed by atoms with Crippen LogP contribution < -0.4 is 5.90 Å². The van der Waals surface area contributed by atoms with Crippen LogP contribution in [0.4, 0.5) is 0 Å². The number of carboxylic acid groups (broad SMARTS) is 1. The highest BCUT2D eigenvalue weighted by molar-refractivity contribution is 14.2. The van der Waals surface area contributed by atoms with E-state index in [1.165, 1.54) is 6.92 Å². The van der Waals surface area contributed by atoms with Crippen LogP contribution in [0.2, 0.25) is 0 Å². The average Bonchev–Trinajstić information content (AvgIpc) is 1.86. The second-order valence-electron chi connectivity index (χ2n) is 1.47. The fourth-order valence-corrected chi connectivity index (χ4v) is 0.645. The number of rotatable bonds is 3. The Kier molecular flexibility index (Phi) is 3.23. The lowest BCUT2D eigenvalue weighted by molar-refractivity contribution is -0.151. The standard InChI is InChI=1S/C4H8INO3/c1-4(5-2,9-6)3(7)8/h2,6H2,1H3,(H,7,8). The van der Waals surface area contributed by atoms with E-state index in [1.54, 1.807) is 0 Å². The molecule has 0 bridgehead atoms. The molecular formula is C4H8INO3. The largest absolute Gasteiger partial charge is 0.478 e. The fourth-order valence-electron chi connectivity index (χ4n) is 0.139. The van der Waals surface area contributed by atoms with Crippen LogP contribution in [0.1, 0.15) is 6.92 Å². The highest BCUT2D eigenvalue weighted by atomic mass is 127. The Labute approximate surface area is 62.7 Å². The molecule has 0 radical (unpaired) electrons. The van der Waals surface area contributed by atoms with E-state index < -0.39 is 30.3 Å². The van der Waals surface area contributed by atoms with Gasteiger partial charge in [-0.05, 0) is 6.92 Å². The Morgan fingerprint density at radius 1 is 2.00 bits per heavy atom. The molecule has 4 nitrogen and oxygen atoms in total. The van der Waals surface area contributed by atoms with Gasteiger partial charge in [0.15, 0.2) is 0 Å². The van der Waals surface area contributed by atoms with E-state index >= 15 is 0 Å². The van der Waals surface area contributed by atoms with Crippen molar-refractivity contribution in [2.24, 2.45) is 5.90 Å². The topological polar surface area (TPSA) is 72.5 Å². The third-order valence-electron chi connectivity index (χ3n) is 0.858. The molecule has 54 valence electrons. The summed E-state index contributed by atoms with van der Waals surface area (Å²) in [4.78, 5) is 14.5. The predicted octanol–water partition coefficient (Wildman–Crippen LogP) is 0.0802. The van der Waals surface area contributed by atoms with Crippen LogP contribution in [0.15, 0.2) is 0 Å². The van der Waals surface area contributed by atoms with Crippen LogP contribution in [0.5, 0.6) is 0 Å². The van der Waals surface area contributed by atoms with E-state index in [9.17, 15) is 4.79 Å². The van der Waals surface area contributed by atoms with E-state index in [4.69, 9.17) is 11.0 Å². The van der Waals surface area contributed by atoms with Gasteiger partial charge in [0.1, 0.15) is 0 Å². The van der Waals surface area contributed by atoms with Gasteiger partial charge >= 0.3 is 5.97 Å². The third kappa shape index (κ3) is 1.99. The number of nitrogens with two attached hydrogens (primary N) is 1. The summed E-state index contributed by atoms with van der Waals surface area (Å²) in [7, 11) is 0. The zero-order valence-corrected chi connectivity index (χ0v) is 7.08. The molecule has 0 aromatic carbocycles. The molecule has 0 aliphatic carbocycles. The van der Waals surface area contributed by atoms with Crippen LogP contribution in [-0.2, 0) is 9.63 Å². The second-order valence-corrected chi connectivity index (χ2v) is 4.29. The molecule has 0 amide bonds. The Bertz CT molecular complexity index is 138. The maximum atomic E-state index is 10.3. The van der Waals surface area contributed by atoms with Gasteiger partial charge in [0, 0.05) is 0 Å². The molecule has 0 fully saturated rings. The molecule has 5 heteroatoms. The van der Waals surface area contributed by atoms with Gasteiger partial charge in [0.05, 0.1) is 0 Å². The van der Waals surface area contributed by atoms with Gasteiger partial charge in [-0.1, -0.05) is 25.2 Å². The van der Waals surface area contributed by atoms with Crippen LogP contribution in [0.25, 0.3) is 0 Å². The SMILES string of the molecule is C=IC(C)(ON)C(=O)O. The minimum atomic E-state index is -1.22. The first kappa shape index (κ1) is 8.99. The second kappa shape index (κ2) is 3.23. The van der Waals surface area contributed by atoms with Gasteiger partial charge in [-0.2, -0.15) is 0 Å². The smallest absolute Gasteiger partial charge is 0.347 e. The van der Waals surface area contributed by atoms with Gasteiger partial charge in [-0.25, -0.2) is 10.7 Å². The van der Waals surface area contributed by atoms with E-state index in [1.807, 2.05) is 0 Å². The van der Waals surface area contributed by atoms with E-state index in [2.05, 4.69) is 9.35 Å². The van der Waals surface area contributed by atoms with Crippen molar-refractivity contribution in [3.05, 3.63) is 0 Å². The van der Waals surface area contributed by atoms with Crippen molar-refractivity contribution < 1.29 is 14.7 Å². The molecule has 0 aliphatic rings. The van der Waals surface area contributed by atoms with Crippen molar-refractivity contribution >= 4 is 31.2 Å². The number of halogens is 1. The summed E-state index contributed by atoms with van der Waals surface area (Å²) in [5.41, 5.74) is 0. The summed E-state index contributed by atoms with van der Waals surface area (Å²) in [6.07, 6.45) is 0. The van der Waals surface area contributed by atoms with E-state index in [0.717, 1.165) is 0 Å². The number of aliphatic carboxylic acids is 1. The quantitative estimate of drug-likeness (QED) is 0.419. The lowest BCUT2D eigenvalue weighted by atomic mass is 10.4. The van der Waals surface area contributed by atoms with Crippen LogP contribution in [-0.4, -0.2) is 19.2 Å². The summed E-state index contributed by atoms with van der Waals surface area (Å²) >= 11 is -0.779. The van der Waals surface area contributed by atoms with Crippen molar-refractivity contribution in [1.82, 2.24) is 0 Å². The first-order valence-corrected chi connectivity index (χ1v) is 4.68. The number of hydrogen-bond acceptors (Lipinski definition) is 3. The minimum Gasteiger partial charge on any atom is -0.478 e. The van der Waals surface area contributed by atoms with Crippen molar-refractivity contribution in [3.8, 4) is 0 Å². The molecule has 0 heterocycles. The highest BCUT2D eigenvalue weighted by Crippen LogP contribution is 2.21. The predicted molar refractivity (Wildman–Crippen MR) is 42.5 cm³/mol. The molecule has 0 aromatic heterocycles. The summed E-state index contributed by atoms with van der Waals surface area (Å²) in [5, 5.41) is 8.41. The van der Waals surface area contributed by atoms with E-state index in [0.29, 0.717) is 0 Å². The van der Waals surface area contributed by atoms with Gasteiger partial charge in [-0.3, -0.25) is 4.84 Å². The molecule has 0 saturated heterocycles. The zero-order valence-electron chi connectivity index (χ0n) is 4.93. The zero-order chi connectivity index (χ0) is 7.49. The summed E-state index contributed by atoms with van der Waals surface area (Å²) in [5.74, 6) is 3.68. The minimum absolute atomic E-state index is 0.779. The number of carbonyl (C=O) groups is 1. The normalized spacial score (nSPS) is 16.7. The monoisotopic (exact) mass is 245 g/mol. The Morgan fingerprint density at radius 3 is 2.44 bits per heavy atom. The summed E-state index contributed by atoms with van der Waals surface area (Å²) < 4.78 is 2.25. The van der Waals surface area contributed by atoms with Crippen LogP contribution in [0.3, 0.4) is 0 Å². The summed E-state index contributed by atoms with van der Waals surface area (Å²) in [6.45, 7) is 1.41. The van der Waals surface area contributed by atoms with Crippen LogP contribution >= 0.6 is 20.7 Å². The fraction of sp³-hybridized carbons (Fsp3) is 0.500. The maximum Gasteiger partial charge on any atom is 0.347 e. The van der Waals surface area contributed by atoms with E-state index in [-0.39, 0.29) is 0 Å². The number of alkyl halides is 1. The molecule has 9 heavy (non-hydrogen) atoms. The molecule has 1 atom stereocenters. The van der Waals surface area contributed by atoms with Gasteiger partial charge < -0.3 is 5.11 Å². The molecule has 3 N–H and O–H groups in total. The maximum absolute atomic E-state index is 10.3. The average molecular weight is 245 g/mol. The van der Waals surface area contributed by atoms with Gasteiger partial charge in [0.2, 0.25) is 3.61 Å². The number of carboxylic acids is 1. The Hall–Kier alpha value is -0.0100. The van der Waals surface area contributed by atoms with Gasteiger partial charge in [-0.15, -0.1) is 0 Å². The molecule has 0 rings (SSSR count). The van der Waals surface area contributed by atoms with Crippen molar-refractivity contribution in [3.63, 3.8) is 0 Å². The highest BCUT2D eigenvalue weighted by Gasteiger charge is 2.30. The Morgan fingerprint density at radius 2 is 2.44 bits per heavy atom. The molecule has 0 aliphatic heterocycles. The molecule has 0 saturated carbocycles. The number of hydrogen-bond donors (Lipinski definition) is 2. The molecule has 1 unspecified atom stereocenters. The Balaban J connectivity index is 4.27. The first-order chi connectivity index (χ1) is 4.06. The summed E-state index contributed by atoms with van der Waals surface area (Å²) in [6, 6.07) is 0. The van der Waals surface area contributed by atoms with Crippen LogP contribution in [0, 0.1) is 0 Å². The third-order valence-corrected chi connectivity index (χ3v) is 3.03. The van der Waals surface area contributed by atoms with Crippen molar-refractivity contribution in [2.75, 3.05) is 0 Å². The lowest BCUT2D eigenvalue weighted by Gasteiger charge is -2.14. The first-order valence-electron chi connectivity index (χ1n) is 2.07. The van der Waals surface area contributed by atoms with Crippen molar-refractivity contribution in [1.29, 1.82) is 0 Å².